The maximum atomic E-state index is 12.0. The van der Waals surface area contributed by atoms with Gasteiger partial charge in [0, 0.05) is 17.3 Å². The number of nitrogens with zero attached hydrogens (tertiary/aromatic N) is 2. The number of nitrogens with one attached hydrogen (secondary N) is 1. The summed E-state index contributed by atoms with van der Waals surface area (Å²) in [7, 11) is 0. The van der Waals surface area contributed by atoms with Crippen molar-refractivity contribution in [2.75, 3.05) is 0 Å². The maximum Gasteiger partial charge on any atom is 0.290 e. The van der Waals surface area contributed by atoms with Crippen molar-refractivity contribution in [3.05, 3.63) is 81.9 Å². The molecule has 3 aromatic rings. The van der Waals surface area contributed by atoms with Crippen molar-refractivity contribution in [3.8, 4) is 11.3 Å². The Kier molecular flexibility index (Phi) is 4.88. The van der Waals surface area contributed by atoms with E-state index in [0.29, 0.717) is 11.4 Å². The van der Waals surface area contributed by atoms with Gasteiger partial charge in [-0.3, -0.25) is 19.6 Å². The van der Waals surface area contributed by atoms with Crippen LogP contribution >= 0.6 is 11.8 Å². The standard InChI is InChI=1S/C22H19N3O2S/c1-14-8-9-17(10-15(14)2)20-18(11-19-21(26)23-22(27)28-19)13-25(24-20)12-16-6-4-3-5-7-16/h3-11,13H,12H2,1-2H3,(H,23,26,27)/b19-11-. The Morgan fingerprint density at radius 3 is 2.54 bits per heavy atom. The topological polar surface area (TPSA) is 64.0 Å². The monoisotopic (exact) mass is 389 g/mol. The average Bonchev–Trinajstić information content (AvgIpc) is 3.21. The summed E-state index contributed by atoms with van der Waals surface area (Å²) < 4.78 is 1.87. The van der Waals surface area contributed by atoms with Crippen LogP contribution in [0.15, 0.2) is 59.6 Å². The van der Waals surface area contributed by atoms with E-state index in [2.05, 4.69) is 43.4 Å². The Balaban J connectivity index is 1.78. The minimum absolute atomic E-state index is 0.347. The van der Waals surface area contributed by atoms with Crippen LogP contribution in [0, 0.1) is 13.8 Å². The van der Waals surface area contributed by atoms with E-state index in [1.165, 1.54) is 11.1 Å². The molecule has 0 aliphatic carbocycles. The predicted molar refractivity (Wildman–Crippen MR) is 112 cm³/mol. The van der Waals surface area contributed by atoms with Crippen molar-refractivity contribution in [2.24, 2.45) is 0 Å². The van der Waals surface area contributed by atoms with Gasteiger partial charge in [-0.05, 0) is 54.4 Å². The number of rotatable bonds is 4. The number of imide groups is 1. The smallest absolute Gasteiger partial charge is 0.282 e. The molecule has 0 saturated carbocycles. The first-order valence-corrected chi connectivity index (χ1v) is 9.75. The van der Waals surface area contributed by atoms with Gasteiger partial charge < -0.3 is 0 Å². The summed E-state index contributed by atoms with van der Waals surface area (Å²) in [5.41, 5.74) is 6.11. The van der Waals surface area contributed by atoms with Crippen LogP contribution < -0.4 is 5.32 Å². The zero-order valence-electron chi connectivity index (χ0n) is 15.6. The third-order valence-corrected chi connectivity index (χ3v) is 5.50. The summed E-state index contributed by atoms with van der Waals surface area (Å²) in [5, 5.41) is 6.73. The molecular formula is C22H19N3O2S. The molecule has 5 nitrogen and oxygen atoms in total. The molecule has 1 aliphatic heterocycles. The molecule has 6 heteroatoms. The fourth-order valence-electron chi connectivity index (χ4n) is 3.07. The molecular weight excluding hydrogens is 370 g/mol. The van der Waals surface area contributed by atoms with E-state index in [0.717, 1.165) is 34.1 Å². The average molecular weight is 389 g/mol. The van der Waals surface area contributed by atoms with E-state index in [1.807, 2.05) is 35.1 Å². The minimum atomic E-state index is -0.364. The van der Waals surface area contributed by atoms with Crippen molar-refractivity contribution >= 4 is 29.0 Å². The van der Waals surface area contributed by atoms with Crippen LogP contribution in [0.1, 0.15) is 22.3 Å². The molecule has 1 fully saturated rings. The van der Waals surface area contributed by atoms with Crippen LogP contribution in [0.3, 0.4) is 0 Å². The van der Waals surface area contributed by atoms with Crippen molar-refractivity contribution in [3.63, 3.8) is 0 Å². The summed E-state index contributed by atoms with van der Waals surface area (Å²) in [6.45, 7) is 4.76. The highest BCUT2D eigenvalue weighted by atomic mass is 32.2. The molecule has 2 heterocycles. The zero-order chi connectivity index (χ0) is 19.7. The first-order valence-electron chi connectivity index (χ1n) is 8.93. The molecule has 1 aromatic heterocycles. The van der Waals surface area contributed by atoms with Gasteiger partial charge in [0.25, 0.3) is 11.1 Å². The first-order chi connectivity index (χ1) is 13.5. The van der Waals surface area contributed by atoms with Gasteiger partial charge in [-0.25, -0.2) is 0 Å². The van der Waals surface area contributed by atoms with E-state index >= 15 is 0 Å². The molecule has 0 unspecified atom stereocenters. The third kappa shape index (κ3) is 3.77. The molecule has 2 amide bonds. The van der Waals surface area contributed by atoms with Crippen molar-refractivity contribution < 1.29 is 9.59 Å². The molecule has 0 spiro atoms. The first kappa shape index (κ1) is 18.3. The molecule has 1 aliphatic rings. The third-order valence-electron chi connectivity index (χ3n) is 4.69. The summed E-state index contributed by atoms with van der Waals surface area (Å²) in [6.07, 6.45) is 3.66. The number of amides is 2. The summed E-state index contributed by atoms with van der Waals surface area (Å²) in [5.74, 6) is -0.364. The number of hydrogen-bond acceptors (Lipinski definition) is 4. The largest absolute Gasteiger partial charge is 0.290 e. The van der Waals surface area contributed by atoms with Gasteiger partial charge in [0.05, 0.1) is 17.1 Å². The number of aryl methyl sites for hydroxylation is 2. The Morgan fingerprint density at radius 2 is 1.86 bits per heavy atom. The van der Waals surface area contributed by atoms with E-state index in [1.54, 1.807) is 6.08 Å². The van der Waals surface area contributed by atoms with Gasteiger partial charge in [0.1, 0.15) is 0 Å². The number of thioether (sulfide) groups is 1. The van der Waals surface area contributed by atoms with Gasteiger partial charge in [0.2, 0.25) is 0 Å². The van der Waals surface area contributed by atoms with Crippen LogP contribution in [0.25, 0.3) is 17.3 Å². The lowest BCUT2D eigenvalue weighted by Crippen LogP contribution is -2.17. The van der Waals surface area contributed by atoms with Gasteiger partial charge >= 0.3 is 0 Å². The van der Waals surface area contributed by atoms with Crippen molar-refractivity contribution in [1.29, 1.82) is 0 Å². The molecule has 28 heavy (non-hydrogen) atoms. The maximum absolute atomic E-state index is 12.0. The van der Waals surface area contributed by atoms with Gasteiger partial charge in [0.15, 0.2) is 0 Å². The molecule has 4 rings (SSSR count). The van der Waals surface area contributed by atoms with Crippen LogP contribution in [0.4, 0.5) is 4.79 Å². The molecule has 1 N–H and O–H groups in total. The number of carbonyl (C=O) groups excluding carboxylic acids is 2. The Morgan fingerprint density at radius 1 is 1.07 bits per heavy atom. The van der Waals surface area contributed by atoms with E-state index in [9.17, 15) is 9.59 Å². The second-order valence-electron chi connectivity index (χ2n) is 6.77. The normalized spacial score (nSPS) is 15.3. The molecule has 140 valence electrons. The van der Waals surface area contributed by atoms with E-state index in [4.69, 9.17) is 5.10 Å². The van der Waals surface area contributed by atoms with E-state index < -0.39 is 0 Å². The molecule has 0 atom stereocenters. The lowest BCUT2D eigenvalue weighted by atomic mass is 10.0. The molecule has 0 bridgehead atoms. The van der Waals surface area contributed by atoms with Crippen LogP contribution in [0.5, 0.6) is 0 Å². The van der Waals surface area contributed by atoms with Crippen molar-refractivity contribution in [1.82, 2.24) is 15.1 Å². The van der Waals surface area contributed by atoms with Crippen LogP contribution in [-0.2, 0) is 11.3 Å². The quantitative estimate of drug-likeness (QED) is 0.666. The SMILES string of the molecule is Cc1ccc(-c2nn(Cc3ccccc3)cc2/C=C2\SC(=O)NC2=O)cc1C. The summed E-state index contributed by atoms with van der Waals surface area (Å²) >= 11 is 0.916. The highest BCUT2D eigenvalue weighted by Crippen LogP contribution is 2.30. The lowest BCUT2D eigenvalue weighted by molar-refractivity contribution is -0.115. The fourth-order valence-corrected chi connectivity index (χ4v) is 3.74. The second kappa shape index (κ2) is 7.48. The van der Waals surface area contributed by atoms with Gasteiger partial charge in [-0.15, -0.1) is 0 Å². The fraction of sp³-hybridized carbons (Fsp3) is 0.136. The molecule has 0 radical (unpaired) electrons. The van der Waals surface area contributed by atoms with Crippen LogP contribution in [0.2, 0.25) is 0 Å². The highest BCUT2D eigenvalue weighted by Gasteiger charge is 2.26. The predicted octanol–water partition coefficient (Wildman–Crippen LogP) is 4.54. The lowest BCUT2D eigenvalue weighted by Gasteiger charge is -2.04. The van der Waals surface area contributed by atoms with E-state index in [-0.39, 0.29) is 11.1 Å². The number of aromatic nitrogens is 2. The Hall–Kier alpha value is -3.12. The van der Waals surface area contributed by atoms with Crippen molar-refractivity contribution in [2.45, 2.75) is 20.4 Å². The molecule has 1 saturated heterocycles. The molecule has 2 aromatic carbocycles. The second-order valence-corrected chi connectivity index (χ2v) is 7.78. The Bertz CT molecular complexity index is 1100. The number of hydrogen-bond donors (Lipinski definition) is 1. The summed E-state index contributed by atoms with van der Waals surface area (Å²) in [4.78, 5) is 23.9. The minimum Gasteiger partial charge on any atom is -0.282 e. The number of benzene rings is 2. The van der Waals surface area contributed by atoms with Crippen LogP contribution in [-0.4, -0.2) is 20.9 Å². The number of carbonyl (C=O) groups is 2. The zero-order valence-corrected chi connectivity index (χ0v) is 16.4. The van der Waals surface area contributed by atoms with Gasteiger partial charge in [-0.1, -0.05) is 42.5 Å². The summed E-state index contributed by atoms with van der Waals surface area (Å²) in [6, 6.07) is 16.3. The Labute approximate surface area is 167 Å². The highest BCUT2D eigenvalue weighted by molar-refractivity contribution is 8.18. The van der Waals surface area contributed by atoms with Gasteiger partial charge in [-0.2, -0.15) is 5.10 Å².